The summed E-state index contributed by atoms with van der Waals surface area (Å²) in [6, 6.07) is 28.2. The van der Waals surface area contributed by atoms with E-state index in [0.717, 1.165) is 22.4 Å². The summed E-state index contributed by atoms with van der Waals surface area (Å²) in [5.74, 6) is 0.787. The van der Waals surface area contributed by atoms with Gasteiger partial charge in [-0.05, 0) is 35.4 Å². The number of anilines is 1. The fraction of sp³-hybridized carbons (Fsp3) is 0.0741. The van der Waals surface area contributed by atoms with Crippen LogP contribution in [0.15, 0.2) is 94.5 Å². The summed E-state index contributed by atoms with van der Waals surface area (Å²) in [4.78, 5) is 17.6. The number of ether oxygens (including phenoxy) is 1. The molecule has 1 N–H and O–H groups in total. The van der Waals surface area contributed by atoms with Crippen LogP contribution in [0.1, 0.15) is 11.1 Å². The maximum Gasteiger partial charge on any atom is 0.267 e. The van der Waals surface area contributed by atoms with Crippen molar-refractivity contribution in [1.82, 2.24) is 0 Å². The van der Waals surface area contributed by atoms with Crippen LogP contribution in [0.25, 0.3) is 22.5 Å². The fourth-order valence-corrected chi connectivity index (χ4v) is 3.35. The molecule has 7 heteroatoms. The quantitative estimate of drug-likeness (QED) is 0.282. The lowest BCUT2D eigenvalue weighted by molar-refractivity contribution is -0.120. The molecule has 4 aromatic rings. The molecule has 0 saturated heterocycles. The molecule has 0 spiro atoms. The van der Waals surface area contributed by atoms with Crippen molar-refractivity contribution in [2.24, 2.45) is 5.16 Å². The van der Waals surface area contributed by atoms with Gasteiger partial charge in [0.15, 0.2) is 6.61 Å². The number of rotatable bonds is 8. The van der Waals surface area contributed by atoms with E-state index < -0.39 is 5.91 Å². The van der Waals surface area contributed by atoms with Crippen LogP contribution in [0.3, 0.4) is 0 Å². The molecule has 0 radical (unpaired) electrons. The fourth-order valence-electron chi connectivity index (χ4n) is 3.35. The lowest BCUT2D eigenvalue weighted by atomic mass is 9.98. The SMILES string of the molecule is COc1ccc(/C=N/OCC(=O)Nc2oc(-c3ccccc3)c(-c3ccccc3)c2C#N)cc1. The van der Waals surface area contributed by atoms with Gasteiger partial charge in [0.2, 0.25) is 5.88 Å². The van der Waals surface area contributed by atoms with E-state index >= 15 is 0 Å². The summed E-state index contributed by atoms with van der Waals surface area (Å²) in [5, 5.41) is 16.3. The standard InChI is InChI=1S/C27H21N3O4/c1-32-22-14-12-19(13-15-22)17-29-33-18-24(31)30-27-23(16-28)25(20-8-4-2-5-9-20)26(34-27)21-10-6-3-7-11-21/h2-15,17H,18H2,1H3,(H,30,31)/b29-17+. The zero-order valence-electron chi connectivity index (χ0n) is 18.4. The number of benzene rings is 3. The minimum absolute atomic E-state index is 0.0629. The second kappa shape index (κ2) is 10.7. The van der Waals surface area contributed by atoms with E-state index in [1.54, 1.807) is 19.2 Å². The highest BCUT2D eigenvalue weighted by molar-refractivity contribution is 5.96. The topological polar surface area (TPSA) is 96.8 Å². The molecule has 34 heavy (non-hydrogen) atoms. The predicted molar refractivity (Wildman–Crippen MR) is 129 cm³/mol. The highest BCUT2D eigenvalue weighted by atomic mass is 16.6. The number of amides is 1. The van der Waals surface area contributed by atoms with Gasteiger partial charge in [-0.2, -0.15) is 5.26 Å². The zero-order valence-corrected chi connectivity index (χ0v) is 18.4. The Hall–Kier alpha value is -4.83. The average molecular weight is 451 g/mol. The third-order valence-corrected chi connectivity index (χ3v) is 4.96. The van der Waals surface area contributed by atoms with Crippen molar-refractivity contribution in [3.63, 3.8) is 0 Å². The molecule has 0 aliphatic heterocycles. The molecule has 0 fully saturated rings. The van der Waals surface area contributed by atoms with Crippen LogP contribution in [0.5, 0.6) is 5.75 Å². The number of carbonyl (C=O) groups excluding carboxylic acids is 1. The number of hydrogen-bond acceptors (Lipinski definition) is 6. The molecule has 0 bridgehead atoms. The van der Waals surface area contributed by atoms with Gasteiger partial charge in [-0.25, -0.2) is 0 Å². The Morgan fingerprint density at radius 1 is 1.00 bits per heavy atom. The van der Waals surface area contributed by atoms with E-state index in [9.17, 15) is 10.1 Å². The minimum Gasteiger partial charge on any atom is -0.497 e. The van der Waals surface area contributed by atoms with Crippen molar-refractivity contribution in [3.8, 4) is 34.3 Å². The Bertz CT molecular complexity index is 1320. The van der Waals surface area contributed by atoms with E-state index in [4.69, 9.17) is 14.0 Å². The number of nitrogens with zero attached hydrogens (tertiary/aromatic N) is 2. The summed E-state index contributed by atoms with van der Waals surface area (Å²) in [6.45, 7) is -0.348. The Balaban J connectivity index is 1.52. The van der Waals surface area contributed by atoms with Gasteiger partial charge >= 0.3 is 0 Å². The Kier molecular flexibility index (Phi) is 7.01. The van der Waals surface area contributed by atoms with Crippen LogP contribution < -0.4 is 10.1 Å². The molecule has 3 aromatic carbocycles. The van der Waals surface area contributed by atoms with E-state index in [0.29, 0.717) is 11.3 Å². The van der Waals surface area contributed by atoms with Crippen molar-refractivity contribution in [2.75, 3.05) is 19.0 Å². The second-order valence-electron chi connectivity index (χ2n) is 7.18. The van der Waals surface area contributed by atoms with Crippen LogP contribution >= 0.6 is 0 Å². The summed E-state index contributed by atoms with van der Waals surface area (Å²) in [6.07, 6.45) is 1.49. The first-order chi connectivity index (χ1) is 16.7. The lowest BCUT2D eigenvalue weighted by Gasteiger charge is -2.03. The number of carbonyl (C=O) groups is 1. The predicted octanol–water partition coefficient (Wildman–Crippen LogP) is 5.48. The molecule has 0 aliphatic rings. The summed E-state index contributed by atoms with van der Waals surface area (Å²) in [7, 11) is 1.59. The Morgan fingerprint density at radius 3 is 2.26 bits per heavy atom. The van der Waals surface area contributed by atoms with Gasteiger partial charge in [0.1, 0.15) is 23.1 Å². The van der Waals surface area contributed by atoms with E-state index in [-0.39, 0.29) is 18.1 Å². The highest BCUT2D eigenvalue weighted by Gasteiger charge is 2.24. The van der Waals surface area contributed by atoms with Crippen molar-refractivity contribution in [1.29, 1.82) is 5.26 Å². The third-order valence-electron chi connectivity index (χ3n) is 4.96. The molecule has 0 atom stereocenters. The Labute approximate surface area is 196 Å². The molecule has 0 unspecified atom stereocenters. The summed E-state index contributed by atoms with van der Waals surface area (Å²) < 4.78 is 11.1. The third kappa shape index (κ3) is 5.14. The van der Waals surface area contributed by atoms with E-state index in [2.05, 4.69) is 16.5 Å². The molecule has 168 valence electrons. The maximum atomic E-state index is 12.5. The van der Waals surface area contributed by atoms with E-state index in [1.165, 1.54) is 6.21 Å². The molecule has 0 aliphatic carbocycles. The number of nitriles is 1. The highest BCUT2D eigenvalue weighted by Crippen LogP contribution is 2.41. The van der Waals surface area contributed by atoms with Gasteiger partial charge in [0.25, 0.3) is 5.91 Å². The summed E-state index contributed by atoms with van der Waals surface area (Å²) >= 11 is 0. The first kappa shape index (κ1) is 22.4. The number of nitrogens with one attached hydrogen (secondary N) is 1. The number of hydrogen-bond donors (Lipinski definition) is 1. The molecule has 1 heterocycles. The minimum atomic E-state index is -0.503. The number of oxime groups is 1. The Morgan fingerprint density at radius 2 is 1.65 bits per heavy atom. The van der Waals surface area contributed by atoms with Crippen LogP contribution in [-0.4, -0.2) is 25.8 Å². The molecule has 1 aromatic heterocycles. The van der Waals surface area contributed by atoms with Crippen LogP contribution in [-0.2, 0) is 9.63 Å². The van der Waals surface area contributed by atoms with Crippen molar-refractivity contribution < 1.29 is 18.8 Å². The largest absolute Gasteiger partial charge is 0.497 e. The molecule has 0 saturated carbocycles. The van der Waals surface area contributed by atoms with E-state index in [1.807, 2.05) is 72.8 Å². The average Bonchev–Trinajstić information content (AvgIpc) is 3.26. The molecule has 7 nitrogen and oxygen atoms in total. The van der Waals surface area contributed by atoms with Crippen LogP contribution in [0.4, 0.5) is 5.88 Å². The molecule has 4 rings (SSSR count). The first-order valence-electron chi connectivity index (χ1n) is 10.5. The van der Waals surface area contributed by atoms with Crippen LogP contribution in [0, 0.1) is 11.3 Å². The first-order valence-corrected chi connectivity index (χ1v) is 10.5. The second-order valence-corrected chi connectivity index (χ2v) is 7.18. The summed E-state index contributed by atoms with van der Waals surface area (Å²) in [5.41, 5.74) is 3.24. The lowest BCUT2D eigenvalue weighted by Crippen LogP contribution is -2.17. The monoisotopic (exact) mass is 451 g/mol. The number of methoxy groups -OCH3 is 1. The van der Waals surface area contributed by atoms with Crippen LogP contribution in [0.2, 0.25) is 0 Å². The molecule has 1 amide bonds. The van der Waals surface area contributed by atoms with Gasteiger partial charge in [-0.3, -0.25) is 10.1 Å². The van der Waals surface area contributed by atoms with Crippen molar-refractivity contribution in [3.05, 3.63) is 96.1 Å². The van der Waals surface area contributed by atoms with Gasteiger partial charge in [0, 0.05) is 11.1 Å². The van der Waals surface area contributed by atoms with Gasteiger partial charge < -0.3 is 14.0 Å². The molecular weight excluding hydrogens is 430 g/mol. The van der Waals surface area contributed by atoms with Gasteiger partial charge in [-0.1, -0.05) is 65.8 Å². The zero-order chi connectivity index (χ0) is 23.8. The van der Waals surface area contributed by atoms with Crippen molar-refractivity contribution in [2.45, 2.75) is 0 Å². The van der Waals surface area contributed by atoms with Crippen molar-refractivity contribution >= 4 is 18.0 Å². The van der Waals surface area contributed by atoms with Gasteiger partial charge in [-0.15, -0.1) is 0 Å². The van der Waals surface area contributed by atoms with Gasteiger partial charge in [0.05, 0.1) is 13.3 Å². The number of furan rings is 1. The smallest absolute Gasteiger partial charge is 0.267 e. The maximum absolute atomic E-state index is 12.5. The normalized spacial score (nSPS) is 10.6. The molecular formula is C27H21N3O4.